The largest absolute Gasteiger partial charge is 0.493 e. The number of aliphatic carboxylic acids is 1. The molecule has 3 rings (SSSR count). The number of ether oxygens (including phenoxy) is 3. The Morgan fingerprint density at radius 1 is 1.17 bits per heavy atom. The summed E-state index contributed by atoms with van der Waals surface area (Å²) in [5.41, 5.74) is 0.119. The summed E-state index contributed by atoms with van der Waals surface area (Å²) in [5, 5.41) is 9.31. The number of fused-ring (bicyclic) bond motifs is 1. The molecule has 0 unspecified atom stereocenters. The Kier molecular flexibility index (Phi) is 5.83. The first-order valence-electron chi connectivity index (χ1n) is 9.78. The number of carboxylic acid groups (broad SMARTS) is 1. The molecule has 0 aromatic heterocycles. The SMILES string of the molecule is COc1ccc(CN2C(=O)[C@H]3[C@H]2[C@H](CC(=O)O)CN3C(=O)OC(C)(C)C)cc1OC. The summed E-state index contributed by atoms with van der Waals surface area (Å²) in [6.07, 6.45) is -0.722. The Morgan fingerprint density at radius 2 is 1.83 bits per heavy atom. The molecule has 0 spiro atoms. The van der Waals surface area contributed by atoms with E-state index < -0.39 is 23.7 Å². The van der Waals surface area contributed by atoms with Gasteiger partial charge in [0, 0.05) is 19.0 Å². The summed E-state index contributed by atoms with van der Waals surface area (Å²) >= 11 is 0. The highest BCUT2D eigenvalue weighted by Crippen LogP contribution is 2.41. The van der Waals surface area contributed by atoms with Crippen LogP contribution >= 0.6 is 0 Å². The van der Waals surface area contributed by atoms with Crippen LogP contribution in [0, 0.1) is 5.92 Å². The van der Waals surface area contributed by atoms with Crippen LogP contribution in [0.3, 0.4) is 0 Å². The standard InChI is InChI=1S/C21H28N2O7/c1-21(2,3)30-20(27)23-11-13(9-16(24)25)17-18(23)19(26)22(17)10-12-6-7-14(28-4)15(8-12)29-5/h6-8,13,17-18H,9-11H2,1-5H3,(H,24,25)/t13-,17-,18-/m1/s1. The van der Waals surface area contributed by atoms with E-state index in [0.29, 0.717) is 18.0 Å². The van der Waals surface area contributed by atoms with E-state index in [-0.39, 0.29) is 30.8 Å². The molecule has 3 atom stereocenters. The number of rotatable bonds is 6. The van der Waals surface area contributed by atoms with E-state index in [1.807, 2.05) is 6.07 Å². The van der Waals surface area contributed by atoms with Crippen LogP contribution in [0.2, 0.25) is 0 Å². The molecule has 1 aromatic carbocycles. The minimum absolute atomic E-state index is 0.129. The molecular formula is C21H28N2O7. The first-order valence-corrected chi connectivity index (χ1v) is 9.78. The average molecular weight is 420 g/mol. The number of hydrogen-bond donors (Lipinski definition) is 1. The topological polar surface area (TPSA) is 106 Å². The second-order valence-corrected chi connectivity index (χ2v) is 8.58. The Labute approximate surface area is 175 Å². The van der Waals surface area contributed by atoms with E-state index in [4.69, 9.17) is 14.2 Å². The molecule has 0 bridgehead atoms. The lowest BCUT2D eigenvalue weighted by Crippen LogP contribution is -2.67. The fraction of sp³-hybridized carbons (Fsp3) is 0.571. The second-order valence-electron chi connectivity index (χ2n) is 8.58. The smallest absolute Gasteiger partial charge is 0.411 e. The molecule has 1 N–H and O–H groups in total. The number of likely N-dealkylation sites (tertiary alicyclic amines) is 2. The fourth-order valence-electron chi connectivity index (χ4n) is 4.13. The van der Waals surface area contributed by atoms with Crippen molar-refractivity contribution in [3.8, 4) is 11.5 Å². The molecular weight excluding hydrogens is 392 g/mol. The van der Waals surface area contributed by atoms with Crippen molar-refractivity contribution in [2.24, 2.45) is 5.92 Å². The van der Waals surface area contributed by atoms with Crippen molar-refractivity contribution in [2.75, 3.05) is 20.8 Å². The van der Waals surface area contributed by atoms with Crippen molar-refractivity contribution in [1.29, 1.82) is 0 Å². The van der Waals surface area contributed by atoms with Gasteiger partial charge in [-0.15, -0.1) is 0 Å². The van der Waals surface area contributed by atoms with Crippen LogP contribution in [0.1, 0.15) is 32.8 Å². The zero-order chi connectivity index (χ0) is 22.2. The molecule has 2 amide bonds. The van der Waals surface area contributed by atoms with Gasteiger partial charge in [0.25, 0.3) is 0 Å². The number of carbonyl (C=O) groups excluding carboxylic acids is 2. The van der Waals surface area contributed by atoms with Gasteiger partial charge >= 0.3 is 12.1 Å². The maximum absolute atomic E-state index is 12.9. The van der Waals surface area contributed by atoms with E-state index in [9.17, 15) is 19.5 Å². The minimum Gasteiger partial charge on any atom is -0.493 e. The zero-order valence-corrected chi connectivity index (χ0v) is 17.9. The first-order chi connectivity index (χ1) is 14.1. The molecule has 2 saturated heterocycles. The summed E-state index contributed by atoms with van der Waals surface area (Å²) < 4.78 is 16.0. The Balaban J connectivity index is 1.81. The quantitative estimate of drug-likeness (QED) is 0.703. The third-order valence-electron chi connectivity index (χ3n) is 5.34. The highest BCUT2D eigenvalue weighted by Gasteiger charge is 2.60. The number of carboxylic acids is 1. The van der Waals surface area contributed by atoms with Crippen molar-refractivity contribution in [3.63, 3.8) is 0 Å². The highest BCUT2D eigenvalue weighted by molar-refractivity contribution is 5.93. The molecule has 0 aliphatic carbocycles. The van der Waals surface area contributed by atoms with Gasteiger partial charge in [-0.1, -0.05) is 6.07 Å². The molecule has 1 aromatic rings. The van der Waals surface area contributed by atoms with Gasteiger partial charge in [-0.05, 0) is 38.5 Å². The molecule has 9 nitrogen and oxygen atoms in total. The first kappa shape index (κ1) is 21.7. The number of hydrogen-bond acceptors (Lipinski definition) is 6. The molecule has 30 heavy (non-hydrogen) atoms. The van der Waals surface area contributed by atoms with Crippen LogP contribution in [0.4, 0.5) is 4.79 Å². The maximum atomic E-state index is 12.9. The van der Waals surface area contributed by atoms with Crippen LogP contribution in [-0.2, 0) is 20.9 Å². The second kappa shape index (κ2) is 8.04. The third kappa shape index (κ3) is 4.15. The highest BCUT2D eigenvalue weighted by atomic mass is 16.6. The Morgan fingerprint density at radius 3 is 2.40 bits per heavy atom. The number of nitrogens with zero attached hydrogens (tertiary/aromatic N) is 2. The molecule has 9 heteroatoms. The van der Waals surface area contributed by atoms with Crippen molar-refractivity contribution in [1.82, 2.24) is 9.80 Å². The molecule has 2 heterocycles. The third-order valence-corrected chi connectivity index (χ3v) is 5.34. The Hall–Kier alpha value is -2.97. The van der Waals surface area contributed by atoms with E-state index in [2.05, 4.69) is 0 Å². The van der Waals surface area contributed by atoms with Crippen LogP contribution in [0.5, 0.6) is 11.5 Å². The number of β-lactam (4-membered cyclic amide) rings is 1. The van der Waals surface area contributed by atoms with E-state index >= 15 is 0 Å². The minimum atomic E-state index is -0.963. The number of carbonyl (C=O) groups is 3. The van der Waals surface area contributed by atoms with Gasteiger partial charge < -0.3 is 24.2 Å². The molecule has 0 saturated carbocycles. The molecule has 2 aliphatic heterocycles. The summed E-state index contributed by atoms with van der Waals surface area (Å²) in [7, 11) is 3.08. The zero-order valence-electron chi connectivity index (χ0n) is 17.9. The van der Waals surface area contributed by atoms with E-state index in [1.54, 1.807) is 44.9 Å². The van der Waals surface area contributed by atoms with E-state index in [0.717, 1.165) is 5.56 Å². The van der Waals surface area contributed by atoms with E-state index in [1.165, 1.54) is 12.0 Å². The number of benzene rings is 1. The maximum Gasteiger partial charge on any atom is 0.411 e. The number of methoxy groups -OCH3 is 2. The predicted octanol–water partition coefficient (Wildman–Crippen LogP) is 2.12. The van der Waals surface area contributed by atoms with Crippen molar-refractivity contribution >= 4 is 18.0 Å². The van der Waals surface area contributed by atoms with Crippen LogP contribution in [0.15, 0.2) is 18.2 Å². The predicted molar refractivity (Wildman–Crippen MR) is 106 cm³/mol. The normalized spacial score (nSPS) is 23.0. The summed E-state index contributed by atoms with van der Waals surface area (Å²) in [4.78, 5) is 39.9. The molecule has 2 fully saturated rings. The summed E-state index contributed by atoms with van der Waals surface area (Å²) in [6, 6.07) is 4.31. The monoisotopic (exact) mass is 420 g/mol. The van der Waals surface area contributed by atoms with Crippen LogP contribution in [-0.4, -0.2) is 71.3 Å². The summed E-state index contributed by atoms with van der Waals surface area (Å²) in [5.74, 6) is -0.417. The van der Waals surface area contributed by atoms with Gasteiger partial charge in [0.2, 0.25) is 5.91 Å². The van der Waals surface area contributed by atoms with Gasteiger partial charge in [0.1, 0.15) is 11.6 Å². The van der Waals surface area contributed by atoms with Gasteiger partial charge in [-0.3, -0.25) is 14.5 Å². The van der Waals surface area contributed by atoms with Gasteiger partial charge in [-0.2, -0.15) is 0 Å². The summed E-state index contributed by atoms with van der Waals surface area (Å²) in [6.45, 7) is 5.71. The van der Waals surface area contributed by atoms with Gasteiger partial charge in [0.05, 0.1) is 26.7 Å². The Bertz CT molecular complexity index is 848. The van der Waals surface area contributed by atoms with Gasteiger partial charge in [0.15, 0.2) is 11.5 Å². The van der Waals surface area contributed by atoms with Crippen molar-refractivity contribution in [2.45, 2.75) is 51.4 Å². The van der Waals surface area contributed by atoms with Crippen LogP contribution < -0.4 is 9.47 Å². The lowest BCUT2D eigenvalue weighted by atomic mass is 9.86. The van der Waals surface area contributed by atoms with Gasteiger partial charge in [-0.25, -0.2) is 4.79 Å². The molecule has 164 valence electrons. The van der Waals surface area contributed by atoms with Crippen molar-refractivity contribution in [3.05, 3.63) is 23.8 Å². The lowest BCUT2D eigenvalue weighted by molar-refractivity contribution is -0.157. The number of amides is 2. The fourth-order valence-corrected chi connectivity index (χ4v) is 4.13. The van der Waals surface area contributed by atoms with Crippen LogP contribution in [0.25, 0.3) is 0 Å². The molecule has 2 aliphatic rings. The average Bonchev–Trinajstić information content (AvgIpc) is 2.99. The lowest BCUT2D eigenvalue weighted by Gasteiger charge is -2.47. The van der Waals surface area contributed by atoms with Crippen molar-refractivity contribution < 1.29 is 33.7 Å². The molecule has 0 radical (unpaired) electrons.